The van der Waals surface area contributed by atoms with Crippen LogP contribution in [0.4, 0.5) is 11.5 Å². The van der Waals surface area contributed by atoms with Gasteiger partial charge in [-0.1, -0.05) is 35.0 Å². The standard InChI is InChI=1S/C18H16Cl2N4OS2/c1-26-18-22-15(24-4-2-3-5-24)13-9-14(27-17(13)23-18)16(25)21-12-7-10(19)6-11(20)8-12/h6-9H,2-5H2,1H3,(H,21,25). The van der Waals surface area contributed by atoms with Gasteiger partial charge in [0.15, 0.2) is 5.16 Å². The summed E-state index contributed by atoms with van der Waals surface area (Å²) in [7, 11) is 0. The van der Waals surface area contributed by atoms with Crippen LogP contribution in [0.2, 0.25) is 10.0 Å². The van der Waals surface area contributed by atoms with Crippen molar-refractivity contribution >= 4 is 73.9 Å². The van der Waals surface area contributed by atoms with E-state index in [4.69, 9.17) is 28.2 Å². The predicted octanol–water partition coefficient (Wildman–Crippen LogP) is 5.57. The van der Waals surface area contributed by atoms with Crippen LogP contribution in [0.1, 0.15) is 22.5 Å². The van der Waals surface area contributed by atoms with Crippen LogP contribution in [0.3, 0.4) is 0 Å². The number of hydrogen-bond acceptors (Lipinski definition) is 6. The highest BCUT2D eigenvalue weighted by atomic mass is 35.5. The van der Waals surface area contributed by atoms with Gasteiger partial charge in [-0.25, -0.2) is 9.97 Å². The minimum atomic E-state index is -0.214. The van der Waals surface area contributed by atoms with Crippen molar-refractivity contribution in [1.29, 1.82) is 0 Å². The number of nitrogens with one attached hydrogen (secondary N) is 1. The van der Waals surface area contributed by atoms with E-state index in [1.807, 2.05) is 12.3 Å². The molecule has 0 saturated carbocycles. The molecule has 27 heavy (non-hydrogen) atoms. The summed E-state index contributed by atoms with van der Waals surface area (Å²) in [6, 6.07) is 6.83. The molecule has 5 nitrogen and oxygen atoms in total. The lowest BCUT2D eigenvalue weighted by atomic mass is 10.3. The van der Waals surface area contributed by atoms with Crippen molar-refractivity contribution in [1.82, 2.24) is 9.97 Å². The monoisotopic (exact) mass is 438 g/mol. The second kappa shape index (κ2) is 7.83. The fourth-order valence-corrected chi connectivity index (χ4v) is 4.94. The topological polar surface area (TPSA) is 58.1 Å². The van der Waals surface area contributed by atoms with Crippen molar-refractivity contribution in [3.05, 3.63) is 39.2 Å². The minimum absolute atomic E-state index is 0.214. The smallest absolute Gasteiger partial charge is 0.265 e. The number of thiophene rings is 1. The van der Waals surface area contributed by atoms with Gasteiger partial charge in [0.25, 0.3) is 5.91 Å². The maximum absolute atomic E-state index is 12.7. The van der Waals surface area contributed by atoms with Gasteiger partial charge in [0.1, 0.15) is 10.6 Å². The van der Waals surface area contributed by atoms with Crippen LogP contribution in [-0.4, -0.2) is 35.2 Å². The Labute approximate surface area is 175 Å². The Hall–Kier alpha value is -1.54. The molecule has 1 aliphatic rings. The number of carbonyl (C=O) groups excluding carboxylic acids is 1. The lowest BCUT2D eigenvalue weighted by molar-refractivity contribution is 0.103. The number of carbonyl (C=O) groups is 1. The van der Waals surface area contributed by atoms with Crippen molar-refractivity contribution in [2.75, 3.05) is 29.6 Å². The van der Waals surface area contributed by atoms with Crippen LogP contribution in [-0.2, 0) is 0 Å². The van der Waals surface area contributed by atoms with E-state index in [9.17, 15) is 4.79 Å². The molecule has 1 N–H and O–H groups in total. The van der Waals surface area contributed by atoms with Gasteiger partial charge in [-0.15, -0.1) is 11.3 Å². The molecule has 9 heteroatoms. The van der Waals surface area contributed by atoms with Crippen LogP contribution in [0.15, 0.2) is 29.4 Å². The third-order valence-electron chi connectivity index (χ3n) is 4.28. The van der Waals surface area contributed by atoms with E-state index in [0.717, 1.165) is 47.1 Å². The van der Waals surface area contributed by atoms with E-state index in [0.29, 0.717) is 20.6 Å². The number of amides is 1. The van der Waals surface area contributed by atoms with Crippen molar-refractivity contribution in [2.24, 2.45) is 0 Å². The number of halogens is 2. The fourth-order valence-electron chi connectivity index (χ4n) is 3.08. The molecule has 0 bridgehead atoms. The first-order valence-electron chi connectivity index (χ1n) is 8.41. The van der Waals surface area contributed by atoms with Gasteiger partial charge in [0.05, 0.1) is 10.3 Å². The van der Waals surface area contributed by atoms with Gasteiger partial charge in [-0.2, -0.15) is 0 Å². The highest BCUT2D eigenvalue weighted by molar-refractivity contribution is 7.98. The molecule has 1 amide bonds. The SMILES string of the molecule is CSc1nc(N2CCCC2)c2cc(C(=O)Nc3cc(Cl)cc(Cl)c3)sc2n1. The van der Waals surface area contributed by atoms with Crippen LogP contribution >= 0.6 is 46.3 Å². The third-order valence-corrected chi connectivity index (χ3v) is 6.30. The number of hydrogen-bond donors (Lipinski definition) is 1. The molecule has 1 fully saturated rings. The molecule has 4 rings (SSSR count). The Morgan fingerprint density at radius 2 is 1.85 bits per heavy atom. The summed E-state index contributed by atoms with van der Waals surface area (Å²) in [5, 5.41) is 5.45. The molecule has 0 unspecified atom stereocenters. The quantitative estimate of drug-likeness (QED) is 0.425. The first-order valence-corrected chi connectivity index (χ1v) is 11.2. The van der Waals surface area contributed by atoms with Crippen molar-refractivity contribution in [2.45, 2.75) is 18.0 Å². The first kappa shape index (κ1) is 18.8. The van der Waals surface area contributed by atoms with E-state index in [1.165, 1.54) is 23.1 Å². The Morgan fingerprint density at radius 1 is 1.15 bits per heavy atom. The van der Waals surface area contributed by atoms with Gasteiger partial charge in [0, 0.05) is 28.8 Å². The molecule has 1 aromatic carbocycles. The van der Waals surface area contributed by atoms with Crippen molar-refractivity contribution < 1.29 is 4.79 Å². The molecule has 2 aromatic heterocycles. The number of aromatic nitrogens is 2. The number of nitrogens with zero attached hydrogens (tertiary/aromatic N) is 3. The van der Waals surface area contributed by atoms with Crippen LogP contribution < -0.4 is 10.2 Å². The Kier molecular flexibility index (Phi) is 5.45. The fraction of sp³-hybridized carbons (Fsp3) is 0.278. The van der Waals surface area contributed by atoms with Gasteiger partial charge in [-0.05, 0) is 43.4 Å². The molecule has 0 atom stereocenters. The summed E-state index contributed by atoms with van der Waals surface area (Å²) < 4.78 is 0. The number of rotatable bonds is 4. The molecule has 3 heterocycles. The highest BCUT2D eigenvalue weighted by Crippen LogP contribution is 2.34. The Bertz CT molecular complexity index is 998. The van der Waals surface area contributed by atoms with Crippen LogP contribution in [0.5, 0.6) is 0 Å². The van der Waals surface area contributed by atoms with Crippen molar-refractivity contribution in [3.63, 3.8) is 0 Å². The lowest BCUT2D eigenvalue weighted by Gasteiger charge is -2.17. The molecule has 140 valence electrons. The van der Waals surface area contributed by atoms with Gasteiger partial charge >= 0.3 is 0 Å². The summed E-state index contributed by atoms with van der Waals surface area (Å²) in [5.41, 5.74) is 0.561. The number of anilines is 2. The maximum Gasteiger partial charge on any atom is 0.265 e. The van der Waals surface area contributed by atoms with E-state index in [1.54, 1.807) is 18.2 Å². The summed E-state index contributed by atoms with van der Waals surface area (Å²) in [4.78, 5) is 25.7. The number of fused-ring (bicyclic) bond motifs is 1. The average Bonchev–Trinajstić information content (AvgIpc) is 3.29. The zero-order chi connectivity index (χ0) is 19.0. The van der Waals surface area contributed by atoms with Crippen LogP contribution in [0, 0.1) is 0 Å². The zero-order valence-corrected chi connectivity index (χ0v) is 17.6. The normalized spacial score (nSPS) is 14.1. The third kappa shape index (κ3) is 4.01. The molecular formula is C18H16Cl2N4OS2. The summed E-state index contributed by atoms with van der Waals surface area (Å²) in [6.45, 7) is 1.97. The average molecular weight is 439 g/mol. The van der Waals surface area contributed by atoms with E-state index in [-0.39, 0.29) is 5.91 Å². The first-order chi connectivity index (χ1) is 13.0. The maximum atomic E-state index is 12.7. The van der Waals surface area contributed by atoms with Gasteiger partial charge < -0.3 is 10.2 Å². The summed E-state index contributed by atoms with van der Waals surface area (Å²) in [6.07, 6.45) is 4.28. The van der Waals surface area contributed by atoms with Gasteiger partial charge in [-0.3, -0.25) is 4.79 Å². The molecular weight excluding hydrogens is 423 g/mol. The van der Waals surface area contributed by atoms with E-state index < -0.39 is 0 Å². The Morgan fingerprint density at radius 3 is 2.52 bits per heavy atom. The largest absolute Gasteiger partial charge is 0.356 e. The molecule has 1 aliphatic heterocycles. The molecule has 3 aromatic rings. The molecule has 0 aliphatic carbocycles. The molecule has 0 radical (unpaired) electrons. The molecule has 1 saturated heterocycles. The number of benzene rings is 1. The lowest BCUT2D eigenvalue weighted by Crippen LogP contribution is -2.19. The van der Waals surface area contributed by atoms with Crippen LogP contribution in [0.25, 0.3) is 10.2 Å². The minimum Gasteiger partial charge on any atom is -0.356 e. The van der Waals surface area contributed by atoms with Gasteiger partial charge in [0.2, 0.25) is 0 Å². The summed E-state index contributed by atoms with van der Waals surface area (Å²) in [5.74, 6) is 0.706. The zero-order valence-electron chi connectivity index (χ0n) is 14.5. The predicted molar refractivity (Wildman–Crippen MR) is 115 cm³/mol. The Balaban J connectivity index is 1.69. The van der Waals surface area contributed by atoms with E-state index in [2.05, 4.69) is 15.2 Å². The van der Waals surface area contributed by atoms with Crippen molar-refractivity contribution in [3.8, 4) is 0 Å². The number of thioether (sulfide) groups is 1. The highest BCUT2D eigenvalue weighted by Gasteiger charge is 2.21. The molecule has 0 spiro atoms. The van der Waals surface area contributed by atoms with E-state index >= 15 is 0 Å². The second-order valence-electron chi connectivity index (χ2n) is 6.17. The second-order valence-corrected chi connectivity index (χ2v) is 8.85. The summed E-state index contributed by atoms with van der Waals surface area (Å²) >= 11 is 14.9.